The molecule has 0 saturated heterocycles. The van der Waals surface area contributed by atoms with Gasteiger partial charge in [0.1, 0.15) is 0 Å². The highest BCUT2D eigenvalue weighted by molar-refractivity contribution is 7.77. The van der Waals surface area contributed by atoms with Crippen molar-refractivity contribution in [3.63, 3.8) is 0 Å². The van der Waals surface area contributed by atoms with Crippen LogP contribution >= 0.6 is 7.92 Å². The third-order valence-electron chi connectivity index (χ3n) is 6.74. The molecule has 3 rings (SSSR count). The zero-order valence-electron chi connectivity index (χ0n) is 21.8. The van der Waals surface area contributed by atoms with Gasteiger partial charge in [-0.2, -0.15) is 0 Å². The van der Waals surface area contributed by atoms with E-state index < -0.39 is 16.0 Å². The number of allylic oxidation sites excluding steroid dienone is 2. The zero-order chi connectivity index (χ0) is 25.5. The molecule has 0 aliphatic heterocycles. The first kappa shape index (κ1) is 26.9. The van der Waals surface area contributed by atoms with Crippen molar-refractivity contribution >= 4 is 38.6 Å². The van der Waals surface area contributed by atoms with E-state index >= 15 is 0 Å². The number of benzene rings is 3. The summed E-state index contributed by atoms with van der Waals surface area (Å²) in [4.78, 5) is 13.8. The fourth-order valence-electron chi connectivity index (χ4n) is 3.85. The average Bonchev–Trinajstić information content (AvgIpc) is 2.84. The number of carbonyl (C=O) groups is 1. The van der Waals surface area contributed by atoms with Gasteiger partial charge in [0.15, 0.2) is 0 Å². The predicted molar refractivity (Wildman–Crippen MR) is 155 cm³/mol. The minimum absolute atomic E-state index is 0.0324. The van der Waals surface area contributed by atoms with Crippen LogP contribution in [0, 0.1) is 0 Å². The van der Waals surface area contributed by atoms with Gasteiger partial charge in [0.2, 0.25) is 0 Å². The molecule has 0 aliphatic carbocycles. The predicted octanol–water partition coefficient (Wildman–Crippen LogP) is 7.70. The fourth-order valence-corrected chi connectivity index (χ4v) is 9.41. The molecule has 3 aromatic carbocycles. The Hall–Kier alpha value is -2.74. The maximum absolute atomic E-state index is 13.8. The van der Waals surface area contributed by atoms with Crippen molar-refractivity contribution in [2.45, 2.75) is 45.8 Å². The number of hydrogen-bond acceptors (Lipinski definition) is 2. The Labute approximate surface area is 213 Å². The molecular weight excluding hydrogens is 463 g/mol. The number of hydrogen-bond donors (Lipinski definition) is 0. The van der Waals surface area contributed by atoms with E-state index in [-0.39, 0.29) is 11.0 Å². The van der Waals surface area contributed by atoms with E-state index in [2.05, 4.69) is 107 Å². The van der Waals surface area contributed by atoms with Crippen LogP contribution in [0.25, 0.3) is 6.08 Å². The van der Waals surface area contributed by atoms with E-state index in [1.165, 1.54) is 10.6 Å². The normalized spacial score (nSPS) is 13.1. The SMILES string of the molecule is CCOC(=O)/C(=C(\C=C\c1ccccc1)P(c1ccccc1)c1ccccc1)[Si](C)(C)C(C)(C)C. The lowest BCUT2D eigenvalue weighted by Crippen LogP contribution is -2.44. The van der Waals surface area contributed by atoms with Crippen LogP contribution in [0.2, 0.25) is 18.1 Å². The van der Waals surface area contributed by atoms with Crippen LogP contribution in [0.5, 0.6) is 0 Å². The lowest BCUT2D eigenvalue weighted by molar-refractivity contribution is -0.137. The van der Waals surface area contributed by atoms with Gasteiger partial charge < -0.3 is 4.74 Å². The van der Waals surface area contributed by atoms with Crippen molar-refractivity contribution < 1.29 is 9.53 Å². The van der Waals surface area contributed by atoms with Crippen LogP contribution in [0.1, 0.15) is 33.3 Å². The van der Waals surface area contributed by atoms with Crippen LogP contribution < -0.4 is 10.6 Å². The molecule has 0 spiro atoms. The summed E-state index contributed by atoms with van der Waals surface area (Å²) >= 11 is 0. The highest BCUT2D eigenvalue weighted by Gasteiger charge is 2.44. The van der Waals surface area contributed by atoms with E-state index in [1.807, 2.05) is 37.3 Å². The molecule has 0 atom stereocenters. The first-order valence-corrected chi connectivity index (χ1v) is 16.6. The lowest BCUT2D eigenvalue weighted by Gasteiger charge is -2.40. The zero-order valence-corrected chi connectivity index (χ0v) is 23.7. The van der Waals surface area contributed by atoms with Gasteiger partial charge in [-0.3, -0.25) is 0 Å². The smallest absolute Gasteiger partial charge is 0.330 e. The van der Waals surface area contributed by atoms with Crippen LogP contribution in [-0.4, -0.2) is 20.7 Å². The summed E-state index contributed by atoms with van der Waals surface area (Å²) in [6, 6.07) is 31.5. The molecule has 0 aromatic heterocycles. The Morgan fingerprint density at radius 3 is 1.71 bits per heavy atom. The Bertz CT molecular complexity index is 1120. The third kappa shape index (κ3) is 6.48. The van der Waals surface area contributed by atoms with Crippen LogP contribution in [0.3, 0.4) is 0 Å². The molecule has 0 amide bonds. The second-order valence-electron chi connectivity index (χ2n) is 10.1. The number of rotatable bonds is 8. The van der Waals surface area contributed by atoms with Crippen molar-refractivity contribution in [3.05, 3.63) is 113 Å². The highest BCUT2D eigenvalue weighted by atomic mass is 31.1. The fraction of sp³-hybridized carbons (Fsp3) is 0.258. The number of esters is 1. The van der Waals surface area contributed by atoms with E-state index in [9.17, 15) is 4.79 Å². The second-order valence-corrected chi connectivity index (χ2v) is 17.5. The maximum Gasteiger partial charge on any atom is 0.330 e. The van der Waals surface area contributed by atoms with Gasteiger partial charge in [0.25, 0.3) is 0 Å². The molecule has 182 valence electrons. The standard InChI is InChI=1S/C31H37O2PSi/c1-7-33-30(32)29(35(5,6)31(2,3)4)28(24-23-25-17-11-8-12-18-25)34(26-19-13-9-14-20-26)27-21-15-10-16-22-27/h8-24H,7H2,1-6H3/b24-23+,29-28-. The van der Waals surface area contributed by atoms with Gasteiger partial charge in [-0.1, -0.05) is 137 Å². The molecule has 35 heavy (non-hydrogen) atoms. The summed E-state index contributed by atoms with van der Waals surface area (Å²) < 4.78 is 5.75. The first-order chi connectivity index (χ1) is 16.7. The van der Waals surface area contributed by atoms with E-state index in [1.54, 1.807) is 0 Å². The Balaban J connectivity index is 2.41. The Morgan fingerprint density at radius 2 is 1.29 bits per heavy atom. The van der Waals surface area contributed by atoms with Gasteiger partial charge in [0, 0.05) is 5.20 Å². The van der Waals surface area contributed by atoms with E-state index in [0.717, 1.165) is 16.1 Å². The summed E-state index contributed by atoms with van der Waals surface area (Å²) in [7, 11) is -3.27. The molecule has 0 aliphatic rings. The minimum atomic E-state index is -2.29. The molecule has 0 unspecified atom stereocenters. The molecule has 3 aromatic rings. The minimum Gasteiger partial charge on any atom is -0.463 e. The number of carbonyl (C=O) groups excluding carboxylic acids is 1. The quantitative estimate of drug-likeness (QED) is 0.104. The van der Waals surface area contributed by atoms with Crippen LogP contribution in [0.15, 0.2) is 108 Å². The van der Waals surface area contributed by atoms with Crippen molar-refractivity contribution in [1.82, 2.24) is 0 Å². The van der Waals surface area contributed by atoms with Gasteiger partial charge in [0.05, 0.1) is 14.7 Å². The Kier molecular flexibility index (Phi) is 9.05. The summed E-state index contributed by atoms with van der Waals surface area (Å²) in [5, 5.41) is 4.39. The lowest BCUT2D eigenvalue weighted by atomic mass is 10.2. The molecule has 0 heterocycles. The van der Waals surface area contributed by atoms with Gasteiger partial charge >= 0.3 is 5.97 Å². The molecule has 4 heteroatoms. The highest BCUT2D eigenvalue weighted by Crippen LogP contribution is 2.51. The second kappa shape index (κ2) is 11.8. The maximum atomic E-state index is 13.8. The van der Waals surface area contributed by atoms with Crippen molar-refractivity contribution in [3.8, 4) is 0 Å². The molecule has 0 bridgehead atoms. The molecule has 0 saturated carbocycles. The topological polar surface area (TPSA) is 26.3 Å². The molecule has 0 N–H and O–H groups in total. The summed E-state index contributed by atoms with van der Waals surface area (Å²) in [5.74, 6) is -0.175. The molecule has 2 nitrogen and oxygen atoms in total. The van der Waals surface area contributed by atoms with E-state index in [0.29, 0.717) is 6.61 Å². The van der Waals surface area contributed by atoms with Gasteiger partial charge in [-0.25, -0.2) is 4.79 Å². The molecular formula is C31H37O2PSi. The van der Waals surface area contributed by atoms with Crippen molar-refractivity contribution in [2.75, 3.05) is 6.61 Å². The molecule has 0 fully saturated rings. The summed E-state index contributed by atoms with van der Waals surface area (Å²) in [6.07, 6.45) is 4.33. The van der Waals surface area contributed by atoms with Gasteiger partial charge in [-0.05, 0) is 41.4 Å². The molecule has 0 radical (unpaired) electrons. The summed E-state index contributed by atoms with van der Waals surface area (Å²) in [5.41, 5.74) is 1.11. The third-order valence-corrected chi connectivity index (χ3v) is 14.9. The average molecular weight is 501 g/mol. The Morgan fingerprint density at radius 1 is 0.829 bits per heavy atom. The van der Waals surface area contributed by atoms with Crippen molar-refractivity contribution in [2.24, 2.45) is 0 Å². The van der Waals surface area contributed by atoms with Crippen molar-refractivity contribution in [1.29, 1.82) is 0 Å². The van der Waals surface area contributed by atoms with Crippen LogP contribution in [-0.2, 0) is 9.53 Å². The first-order valence-electron chi connectivity index (χ1n) is 12.2. The largest absolute Gasteiger partial charge is 0.463 e. The number of ether oxygens (including phenoxy) is 1. The van der Waals surface area contributed by atoms with Gasteiger partial charge in [-0.15, -0.1) is 0 Å². The van der Waals surface area contributed by atoms with Crippen LogP contribution in [0.4, 0.5) is 0 Å². The summed E-state index contributed by atoms with van der Waals surface area (Å²) in [6.45, 7) is 13.6. The van der Waals surface area contributed by atoms with E-state index in [4.69, 9.17) is 4.74 Å². The monoisotopic (exact) mass is 500 g/mol.